The zero-order valence-electron chi connectivity index (χ0n) is 8.86. The minimum atomic E-state index is -1.60. The zero-order chi connectivity index (χ0) is 9.68. The first-order chi connectivity index (χ1) is 6.24. The van der Waals surface area contributed by atoms with E-state index >= 15 is 0 Å². The highest BCUT2D eigenvalue weighted by Crippen LogP contribution is 2.02. The molecule has 0 aliphatic heterocycles. The predicted octanol–water partition coefficient (Wildman–Crippen LogP) is 0.453. The molecule has 5 N–H and O–H groups in total. The van der Waals surface area contributed by atoms with Crippen molar-refractivity contribution in [3.05, 3.63) is 29.8 Å². The van der Waals surface area contributed by atoms with Crippen molar-refractivity contribution in [1.29, 1.82) is 0 Å². The van der Waals surface area contributed by atoms with Gasteiger partial charge in [-0.25, -0.2) is 0 Å². The fourth-order valence-corrected chi connectivity index (χ4v) is 1.23. The molecule has 3 nitrogen and oxygen atoms in total. The molecule has 0 radical (unpaired) electrons. The first-order valence-corrected chi connectivity index (χ1v) is 4.66. The third-order valence-electron chi connectivity index (χ3n) is 2.08. The lowest BCUT2D eigenvalue weighted by Gasteiger charge is -2.11. The molecule has 0 amide bonds. The molecule has 1 rings (SSSR count). The Kier molecular flexibility index (Phi) is 6.20. The third kappa shape index (κ3) is 3.92. The van der Waals surface area contributed by atoms with Crippen LogP contribution in [0, 0.1) is 0 Å². The summed E-state index contributed by atoms with van der Waals surface area (Å²) in [5.74, 6) is 0. The molecular formula is C10H18BNO2. The third-order valence-corrected chi connectivity index (χ3v) is 2.08. The van der Waals surface area contributed by atoms with Crippen molar-refractivity contribution in [2.75, 3.05) is 0 Å². The predicted molar refractivity (Wildman–Crippen MR) is 58.6 cm³/mol. The van der Waals surface area contributed by atoms with Crippen LogP contribution in [0.4, 0.5) is 0 Å². The highest BCUT2D eigenvalue weighted by molar-refractivity contribution is 6.56. The van der Waals surface area contributed by atoms with E-state index in [-0.39, 0.29) is 6.15 Å². The Hall–Kier alpha value is -0.835. The van der Waals surface area contributed by atoms with Crippen molar-refractivity contribution in [1.82, 2.24) is 6.15 Å². The average molecular weight is 195 g/mol. The summed E-state index contributed by atoms with van der Waals surface area (Å²) in [4.78, 5) is 0. The Morgan fingerprint density at radius 1 is 1.29 bits per heavy atom. The summed E-state index contributed by atoms with van der Waals surface area (Å²) in [5, 5.41) is 19.3. The van der Waals surface area contributed by atoms with Gasteiger partial charge < -0.3 is 16.2 Å². The molecular weight excluding hydrogens is 177 g/mol. The monoisotopic (exact) mass is 195 g/mol. The molecule has 0 aliphatic rings. The number of hydrogen-bond donors (Lipinski definition) is 2. The van der Waals surface area contributed by atoms with E-state index in [0.29, 0.717) is 5.46 Å². The molecule has 0 aromatic heterocycles. The number of quaternary nitrogens is 1. The van der Waals surface area contributed by atoms with Crippen molar-refractivity contribution >= 4 is 12.6 Å². The van der Waals surface area contributed by atoms with E-state index < -0.39 is 7.12 Å². The van der Waals surface area contributed by atoms with Gasteiger partial charge in [-0.15, -0.1) is 0 Å². The second-order valence-electron chi connectivity index (χ2n) is 3.20. The van der Waals surface area contributed by atoms with Crippen LogP contribution in [0.1, 0.15) is 25.3 Å². The van der Waals surface area contributed by atoms with Gasteiger partial charge in [0.05, 0.1) is 0 Å². The van der Waals surface area contributed by atoms with Crippen LogP contribution in [0.2, 0.25) is 0 Å². The smallest absolute Gasteiger partial charge is 0.212 e. The van der Waals surface area contributed by atoms with Crippen LogP contribution in [0.3, 0.4) is 0 Å². The molecule has 4 heteroatoms. The molecule has 0 atom stereocenters. The molecule has 0 saturated heterocycles. The quantitative estimate of drug-likeness (QED) is 0.684. The number of aryl methyl sites for hydroxylation is 1. The summed E-state index contributed by atoms with van der Waals surface area (Å²) in [5.41, 5.74) is 1.67. The van der Waals surface area contributed by atoms with Crippen LogP contribution in [-0.4, -0.2) is 12.1 Å². The summed E-state index contributed by atoms with van der Waals surface area (Å²) in [7, 11) is -1.60. The minimum absolute atomic E-state index is 0. The van der Waals surface area contributed by atoms with Gasteiger partial charge in [0.25, 0.3) is 0 Å². The van der Waals surface area contributed by atoms with Crippen LogP contribution in [-0.2, 0) is 6.42 Å². The first kappa shape index (κ1) is 13.2. The first-order valence-electron chi connectivity index (χ1n) is 4.66. The van der Waals surface area contributed by atoms with Gasteiger partial charge in [0.1, 0.15) is 0 Å². The number of benzene rings is 1. The molecule has 1 aromatic carbocycles. The van der Waals surface area contributed by atoms with Gasteiger partial charge in [-0.05, 0) is 18.4 Å². The normalized spacial score (nSPS) is 9.36. The Bertz CT molecular complexity index is 249. The Morgan fingerprint density at radius 3 is 2.29 bits per heavy atom. The molecule has 0 spiro atoms. The maximum absolute atomic E-state index is 10.6. The lowest BCUT2D eigenvalue weighted by atomic mass is 9.80. The Labute approximate surface area is 85.5 Å². The fourth-order valence-electron chi connectivity index (χ4n) is 1.23. The second kappa shape index (κ2) is 6.59. The van der Waals surface area contributed by atoms with Gasteiger partial charge in [-0.3, -0.25) is 0 Å². The lowest BCUT2D eigenvalue weighted by Crippen LogP contribution is -2.43. The van der Waals surface area contributed by atoms with Crippen molar-refractivity contribution in [3.8, 4) is 0 Å². The maximum Gasteiger partial charge on any atom is 0.212 e. The molecule has 14 heavy (non-hydrogen) atoms. The number of rotatable bonds is 4. The van der Waals surface area contributed by atoms with Crippen molar-refractivity contribution in [3.63, 3.8) is 0 Å². The number of unbranched alkanes of at least 4 members (excludes halogenated alkanes) is 1. The largest absolute Gasteiger partial charge is 0.853 e. The van der Waals surface area contributed by atoms with Gasteiger partial charge in [0.2, 0.25) is 7.12 Å². The standard InChI is InChI=1S/C10H14BO2.H3N/c1-2-3-4-9-5-7-10(8-6-9)11(12)13;/h5-8,12H,2-4H2,1H3;1H3/q-1;/p+1. The van der Waals surface area contributed by atoms with E-state index in [9.17, 15) is 5.02 Å². The van der Waals surface area contributed by atoms with E-state index in [4.69, 9.17) is 5.02 Å². The highest BCUT2D eigenvalue weighted by Gasteiger charge is 1.97. The van der Waals surface area contributed by atoms with Gasteiger partial charge >= 0.3 is 0 Å². The van der Waals surface area contributed by atoms with E-state index in [1.165, 1.54) is 18.4 Å². The Morgan fingerprint density at radius 2 is 1.86 bits per heavy atom. The van der Waals surface area contributed by atoms with Crippen LogP contribution < -0.4 is 16.6 Å². The van der Waals surface area contributed by atoms with Gasteiger partial charge in [0, 0.05) is 0 Å². The molecule has 0 aliphatic carbocycles. The highest BCUT2D eigenvalue weighted by atomic mass is 16.4. The Balaban J connectivity index is 0.00000169. The number of hydrogen-bond acceptors (Lipinski definition) is 2. The molecule has 0 unspecified atom stereocenters. The topological polar surface area (TPSA) is 79.8 Å². The van der Waals surface area contributed by atoms with Gasteiger partial charge in [-0.2, -0.15) is 0 Å². The summed E-state index contributed by atoms with van der Waals surface area (Å²) < 4.78 is 0. The van der Waals surface area contributed by atoms with Crippen LogP contribution in [0.5, 0.6) is 0 Å². The van der Waals surface area contributed by atoms with Crippen LogP contribution in [0.15, 0.2) is 24.3 Å². The van der Waals surface area contributed by atoms with E-state index in [2.05, 4.69) is 6.92 Å². The van der Waals surface area contributed by atoms with Crippen LogP contribution in [0.25, 0.3) is 0 Å². The summed E-state index contributed by atoms with van der Waals surface area (Å²) in [6.45, 7) is 2.15. The molecule has 0 fully saturated rings. The van der Waals surface area contributed by atoms with E-state index in [1.807, 2.05) is 12.1 Å². The summed E-state index contributed by atoms with van der Waals surface area (Å²) in [6, 6.07) is 7.21. The lowest BCUT2D eigenvalue weighted by molar-refractivity contribution is -0.211. The molecule has 0 saturated carbocycles. The van der Waals surface area contributed by atoms with Crippen molar-refractivity contribution in [2.45, 2.75) is 26.2 Å². The minimum Gasteiger partial charge on any atom is -0.853 e. The van der Waals surface area contributed by atoms with Crippen molar-refractivity contribution in [2.24, 2.45) is 0 Å². The second-order valence-corrected chi connectivity index (χ2v) is 3.20. The van der Waals surface area contributed by atoms with Gasteiger partial charge in [-0.1, -0.05) is 43.1 Å². The van der Waals surface area contributed by atoms with Gasteiger partial charge in [0.15, 0.2) is 0 Å². The maximum atomic E-state index is 10.6. The molecule has 1 aromatic rings. The van der Waals surface area contributed by atoms with E-state index in [1.54, 1.807) is 12.1 Å². The van der Waals surface area contributed by atoms with Crippen molar-refractivity contribution < 1.29 is 10.0 Å². The summed E-state index contributed by atoms with van der Waals surface area (Å²) in [6.07, 6.45) is 3.39. The van der Waals surface area contributed by atoms with Crippen LogP contribution >= 0.6 is 0 Å². The summed E-state index contributed by atoms with van der Waals surface area (Å²) >= 11 is 0. The molecule has 0 heterocycles. The average Bonchev–Trinajstić information content (AvgIpc) is 2.15. The fraction of sp³-hybridized carbons (Fsp3) is 0.400. The molecule has 78 valence electrons. The van der Waals surface area contributed by atoms with E-state index in [0.717, 1.165) is 6.42 Å². The SMILES string of the molecule is CCCCc1ccc(B([O-])O)cc1.[NH4+]. The zero-order valence-corrected chi connectivity index (χ0v) is 8.86. The molecule has 0 bridgehead atoms.